The van der Waals surface area contributed by atoms with Crippen LogP contribution in [0.3, 0.4) is 0 Å². The maximum absolute atomic E-state index is 11.8. The standard InChI is InChI=1S/C12H12N2O4/c1-7(15)13-12(17)14-10-4-3-9(18-2)5-8(10)6-11(14)16/h3-5H,6H2,1-2H3,(H,13,15,17). The van der Waals surface area contributed by atoms with Gasteiger partial charge in [-0.05, 0) is 23.8 Å². The van der Waals surface area contributed by atoms with Crippen LogP contribution in [-0.2, 0) is 16.0 Å². The third-order valence-electron chi connectivity index (χ3n) is 2.60. The summed E-state index contributed by atoms with van der Waals surface area (Å²) in [6.45, 7) is 1.22. The zero-order valence-corrected chi connectivity index (χ0v) is 10.0. The van der Waals surface area contributed by atoms with Crippen LogP contribution in [-0.4, -0.2) is 25.0 Å². The van der Waals surface area contributed by atoms with Crippen LogP contribution in [0, 0.1) is 0 Å². The van der Waals surface area contributed by atoms with Gasteiger partial charge in [0.1, 0.15) is 5.75 Å². The molecule has 1 aromatic carbocycles. The molecule has 6 nitrogen and oxygen atoms in total. The molecule has 4 amide bonds. The Kier molecular flexibility index (Phi) is 3.01. The summed E-state index contributed by atoms with van der Waals surface area (Å²) < 4.78 is 5.05. The molecule has 0 unspecified atom stereocenters. The van der Waals surface area contributed by atoms with Gasteiger partial charge in [0.15, 0.2) is 0 Å². The third-order valence-corrected chi connectivity index (χ3v) is 2.60. The lowest BCUT2D eigenvalue weighted by molar-refractivity contribution is -0.117. The Morgan fingerprint density at radius 1 is 1.39 bits per heavy atom. The molecular weight excluding hydrogens is 236 g/mol. The Balaban J connectivity index is 2.33. The molecule has 2 rings (SSSR count). The Morgan fingerprint density at radius 3 is 2.72 bits per heavy atom. The number of benzene rings is 1. The van der Waals surface area contributed by atoms with E-state index >= 15 is 0 Å². The highest BCUT2D eigenvalue weighted by atomic mass is 16.5. The molecular formula is C12H12N2O4. The highest BCUT2D eigenvalue weighted by molar-refractivity contribution is 6.21. The summed E-state index contributed by atoms with van der Waals surface area (Å²) in [5, 5.41) is 2.08. The van der Waals surface area contributed by atoms with Crippen LogP contribution < -0.4 is 15.0 Å². The lowest BCUT2D eigenvalue weighted by atomic mass is 10.1. The normalized spacial score (nSPS) is 13.2. The molecule has 0 saturated heterocycles. The van der Waals surface area contributed by atoms with Crippen molar-refractivity contribution in [3.8, 4) is 5.75 Å². The molecule has 1 aliphatic heterocycles. The van der Waals surface area contributed by atoms with Crippen molar-refractivity contribution in [1.82, 2.24) is 5.32 Å². The van der Waals surface area contributed by atoms with Crippen LogP contribution in [0.25, 0.3) is 0 Å². The van der Waals surface area contributed by atoms with Crippen molar-refractivity contribution in [1.29, 1.82) is 0 Å². The molecule has 1 aliphatic rings. The summed E-state index contributed by atoms with van der Waals surface area (Å²) in [6, 6.07) is 4.26. The number of anilines is 1. The Bertz CT molecular complexity index is 539. The van der Waals surface area contributed by atoms with Gasteiger partial charge in [-0.2, -0.15) is 0 Å². The summed E-state index contributed by atoms with van der Waals surface area (Å²) >= 11 is 0. The fourth-order valence-electron chi connectivity index (χ4n) is 1.85. The molecule has 1 heterocycles. The minimum Gasteiger partial charge on any atom is -0.497 e. The van der Waals surface area contributed by atoms with E-state index in [1.807, 2.05) is 0 Å². The molecule has 0 radical (unpaired) electrons. The van der Waals surface area contributed by atoms with Crippen LogP contribution >= 0.6 is 0 Å². The van der Waals surface area contributed by atoms with E-state index in [1.54, 1.807) is 18.2 Å². The van der Waals surface area contributed by atoms with Crippen LogP contribution in [0.15, 0.2) is 18.2 Å². The first kappa shape index (κ1) is 12.1. The Morgan fingerprint density at radius 2 is 2.11 bits per heavy atom. The number of carbonyl (C=O) groups excluding carboxylic acids is 3. The van der Waals surface area contributed by atoms with E-state index in [0.717, 1.165) is 4.90 Å². The van der Waals surface area contributed by atoms with Crippen LogP contribution in [0.4, 0.5) is 10.5 Å². The molecule has 6 heteroatoms. The van der Waals surface area contributed by atoms with E-state index < -0.39 is 11.9 Å². The molecule has 94 valence electrons. The summed E-state index contributed by atoms with van der Waals surface area (Å²) in [5.74, 6) is -0.248. The SMILES string of the molecule is COc1ccc2c(c1)CC(=O)N2C(=O)NC(C)=O. The topological polar surface area (TPSA) is 75.7 Å². The number of nitrogens with zero attached hydrogens (tertiary/aromatic N) is 1. The van der Waals surface area contributed by atoms with Crippen molar-refractivity contribution in [2.45, 2.75) is 13.3 Å². The number of rotatable bonds is 1. The predicted molar refractivity (Wildman–Crippen MR) is 63.4 cm³/mol. The molecule has 0 atom stereocenters. The van der Waals surface area contributed by atoms with Crippen LogP contribution in [0.5, 0.6) is 5.75 Å². The van der Waals surface area contributed by atoms with Crippen molar-refractivity contribution in [2.75, 3.05) is 12.0 Å². The van der Waals surface area contributed by atoms with Gasteiger partial charge >= 0.3 is 6.03 Å². The number of methoxy groups -OCH3 is 1. The third kappa shape index (κ3) is 2.04. The lowest BCUT2D eigenvalue weighted by Gasteiger charge is -2.15. The highest BCUT2D eigenvalue weighted by Gasteiger charge is 2.32. The van der Waals surface area contributed by atoms with Gasteiger partial charge in [0.2, 0.25) is 11.8 Å². The van der Waals surface area contributed by atoms with Crippen LogP contribution in [0.2, 0.25) is 0 Å². The minimum atomic E-state index is -0.726. The molecule has 1 N–H and O–H groups in total. The van der Waals surface area contributed by atoms with E-state index in [2.05, 4.69) is 5.32 Å². The first-order valence-electron chi connectivity index (χ1n) is 5.34. The Labute approximate surface area is 104 Å². The average Bonchev–Trinajstić information content (AvgIpc) is 2.62. The minimum absolute atomic E-state index is 0.123. The number of nitrogens with one attached hydrogen (secondary N) is 1. The van der Waals surface area contributed by atoms with E-state index in [9.17, 15) is 14.4 Å². The molecule has 0 aromatic heterocycles. The van der Waals surface area contributed by atoms with Gasteiger partial charge in [0.05, 0.1) is 19.2 Å². The zero-order valence-electron chi connectivity index (χ0n) is 10.0. The lowest BCUT2D eigenvalue weighted by Crippen LogP contribution is -2.43. The maximum atomic E-state index is 11.8. The largest absolute Gasteiger partial charge is 0.497 e. The fraction of sp³-hybridized carbons (Fsp3) is 0.250. The van der Waals surface area contributed by atoms with Gasteiger partial charge in [0, 0.05) is 6.92 Å². The molecule has 0 spiro atoms. The van der Waals surface area contributed by atoms with Crippen LogP contribution in [0.1, 0.15) is 12.5 Å². The first-order valence-corrected chi connectivity index (χ1v) is 5.34. The second kappa shape index (κ2) is 4.48. The number of urea groups is 1. The van der Waals surface area contributed by atoms with E-state index in [0.29, 0.717) is 17.0 Å². The van der Waals surface area contributed by atoms with E-state index in [1.165, 1.54) is 14.0 Å². The Hall–Kier alpha value is -2.37. The summed E-state index contributed by atoms with van der Waals surface area (Å²) in [7, 11) is 1.53. The van der Waals surface area contributed by atoms with Crippen molar-refractivity contribution >= 4 is 23.5 Å². The van der Waals surface area contributed by atoms with Crippen molar-refractivity contribution in [3.05, 3.63) is 23.8 Å². The van der Waals surface area contributed by atoms with E-state index in [4.69, 9.17) is 4.74 Å². The zero-order chi connectivity index (χ0) is 13.3. The average molecular weight is 248 g/mol. The van der Waals surface area contributed by atoms with Gasteiger partial charge in [0.25, 0.3) is 0 Å². The predicted octanol–water partition coefficient (Wildman–Crippen LogP) is 0.840. The van der Waals surface area contributed by atoms with Crippen molar-refractivity contribution in [2.24, 2.45) is 0 Å². The molecule has 0 bridgehead atoms. The number of carbonyl (C=O) groups is 3. The number of ether oxygens (including phenoxy) is 1. The van der Waals surface area contributed by atoms with Gasteiger partial charge in [-0.1, -0.05) is 0 Å². The van der Waals surface area contributed by atoms with Crippen molar-refractivity contribution in [3.63, 3.8) is 0 Å². The number of amides is 4. The quantitative estimate of drug-likeness (QED) is 0.799. The number of hydrogen-bond acceptors (Lipinski definition) is 4. The molecule has 0 aliphatic carbocycles. The summed E-state index contributed by atoms with van der Waals surface area (Å²) in [4.78, 5) is 35.3. The van der Waals surface area contributed by atoms with Gasteiger partial charge in [-0.15, -0.1) is 0 Å². The molecule has 0 saturated carbocycles. The smallest absolute Gasteiger partial charge is 0.335 e. The number of imide groups is 2. The van der Waals surface area contributed by atoms with Gasteiger partial charge in [-0.25, -0.2) is 9.69 Å². The van der Waals surface area contributed by atoms with Gasteiger partial charge < -0.3 is 4.74 Å². The first-order chi connectivity index (χ1) is 8.52. The molecule has 0 fully saturated rings. The second-order valence-electron chi connectivity index (χ2n) is 3.89. The molecule has 1 aromatic rings. The van der Waals surface area contributed by atoms with E-state index in [-0.39, 0.29) is 12.3 Å². The number of hydrogen-bond donors (Lipinski definition) is 1. The summed E-state index contributed by atoms with van der Waals surface area (Å²) in [5.41, 5.74) is 1.19. The van der Waals surface area contributed by atoms with Crippen molar-refractivity contribution < 1.29 is 19.1 Å². The molecule has 18 heavy (non-hydrogen) atoms. The monoisotopic (exact) mass is 248 g/mol. The highest BCUT2D eigenvalue weighted by Crippen LogP contribution is 2.31. The fourth-order valence-corrected chi connectivity index (χ4v) is 1.85. The number of fused-ring (bicyclic) bond motifs is 1. The second-order valence-corrected chi connectivity index (χ2v) is 3.89. The maximum Gasteiger partial charge on any atom is 0.335 e. The summed E-state index contributed by atoms with van der Waals surface area (Å²) in [6.07, 6.45) is 0.123. The van der Waals surface area contributed by atoms with Gasteiger partial charge in [-0.3, -0.25) is 14.9 Å².